The van der Waals surface area contributed by atoms with Crippen LogP contribution in [-0.4, -0.2) is 55.2 Å². The summed E-state index contributed by atoms with van der Waals surface area (Å²) in [6.07, 6.45) is 0.0763. The van der Waals surface area contributed by atoms with Crippen LogP contribution in [0.1, 0.15) is 29.9 Å². The van der Waals surface area contributed by atoms with E-state index in [1.54, 1.807) is 24.3 Å². The molecule has 0 aliphatic heterocycles. The van der Waals surface area contributed by atoms with Gasteiger partial charge in [0.05, 0.1) is 19.1 Å². The zero-order valence-corrected chi connectivity index (χ0v) is 18.1. The van der Waals surface area contributed by atoms with Gasteiger partial charge >= 0.3 is 0 Å². The number of carbonyl (C=O) groups is 2. The smallest absolute Gasteiger partial charge is 0.255 e. The predicted octanol–water partition coefficient (Wildman–Crippen LogP) is 3.09. The Kier molecular flexibility index (Phi) is 7.61. The minimum Gasteiger partial charge on any atom is -0.496 e. The van der Waals surface area contributed by atoms with Crippen molar-refractivity contribution in [3.63, 3.8) is 0 Å². The van der Waals surface area contributed by atoms with Crippen LogP contribution in [0.2, 0.25) is 0 Å². The van der Waals surface area contributed by atoms with E-state index in [1.807, 2.05) is 18.2 Å². The van der Waals surface area contributed by atoms with Gasteiger partial charge in [-0.05, 0) is 37.4 Å². The molecule has 0 aliphatic carbocycles. The van der Waals surface area contributed by atoms with Gasteiger partial charge in [0.2, 0.25) is 5.91 Å². The van der Waals surface area contributed by atoms with Crippen molar-refractivity contribution in [3.05, 3.63) is 53.7 Å². The molecule has 2 amide bonds. The standard InChI is InChI=1S/C23H28N4O4/c1-4-27(5-2)13-12-24-23(29)18-11-10-16(14-21(18)30-3)25-22(28)15-19-17-8-6-7-9-20(17)31-26-19/h6-11,14H,4-5,12-13,15H2,1-3H3,(H,24,29)(H,25,28). The highest BCUT2D eigenvalue weighted by molar-refractivity contribution is 5.99. The van der Waals surface area contributed by atoms with Gasteiger partial charge in [0.15, 0.2) is 5.58 Å². The van der Waals surface area contributed by atoms with Gasteiger partial charge in [0.1, 0.15) is 11.4 Å². The number of methoxy groups -OCH3 is 1. The van der Waals surface area contributed by atoms with Gasteiger partial charge < -0.3 is 24.8 Å². The van der Waals surface area contributed by atoms with Crippen LogP contribution in [0.5, 0.6) is 5.75 Å². The predicted molar refractivity (Wildman–Crippen MR) is 119 cm³/mol. The van der Waals surface area contributed by atoms with Gasteiger partial charge in [-0.2, -0.15) is 0 Å². The number of nitrogens with one attached hydrogen (secondary N) is 2. The van der Waals surface area contributed by atoms with E-state index in [0.29, 0.717) is 34.8 Å². The Morgan fingerprint density at radius 3 is 2.65 bits per heavy atom. The molecule has 31 heavy (non-hydrogen) atoms. The fourth-order valence-electron chi connectivity index (χ4n) is 3.34. The number of carbonyl (C=O) groups excluding carboxylic acids is 2. The largest absolute Gasteiger partial charge is 0.496 e. The lowest BCUT2D eigenvalue weighted by Gasteiger charge is -2.18. The SMILES string of the molecule is CCN(CC)CCNC(=O)c1ccc(NC(=O)Cc2noc3ccccc23)cc1OC. The summed E-state index contributed by atoms with van der Waals surface area (Å²) in [5.41, 5.74) is 2.17. The highest BCUT2D eigenvalue weighted by atomic mass is 16.5. The monoisotopic (exact) mass is 424 g/mol. The Morgan fingerprint density at radius 1 is 1.13 bits per heavy atom. The topological polar surface area (TPSA) is 96.7 Å². The number of amides is 2. The van der Waals surface area contributed by atoms with Crippen LogP contribution in [0.3, 0.4) is 0 Å². The lowest BCUT2D eigenvalue weighted by molar-refractivity contribution is -0.115. The quantitative estimate of drug-likeness (QED) is 0.519. The molecule has 0 saturated heterocycles. The number of anilines is 1. The van der Waals surface area contributed by atoms with Crippen LogP contribution in [-0.2, 0) is 11.2 Å². The summed E-state index contributed by atoms with van der Waals surface area (Å²) in [6.45, 7) is 7.39. The second-order valence-corrected chi connectivity index (χ2v) is 7.05. The number of nitrogens with zero attached hydrogens (tertiary/aromatic N) is 2. The molecular formula is C23H28N4O4. The summed E-state index contributed by atoms with van der Waals surface area (Å²) in [7, 11) is 1.50. The Balaban J connectivity index is 1.62. The number of likely N-dealkylation sites (N-methyl/N-ethyl adjacent to an activating group) is 1. The van der Waals surface area contributed by atoms with Crippen LogP contribution in [0.25, 0.3) is 11.0 Å². The number of para-hydroxylation sites is 1. The van der Waals surface area contributed by atoms with Gasteiger partial charge in [0.25, 0.3) is 5.91 Å². The number of ether oxygens (including phenoxy) is 1. The number of fused-ring (bicyclic) bond motifs is 1. The van der Waals surface area contributed by atoms with Crippen molar-refractivity contribution in [2.45, 2.75) is 20.3 Å². The first-order chi connectivity index (χ1) is 15.0. The van der Waals surface area contributed by atoms with Crippen LogP contribution in [0.15, 0.2) is 47.0 Å². The molecule has 2 aromatic carbocycles. The number of aromatic nitrogens is 1. The van der Waals surface area contributed by atoms with Crippen molar-refractivity contribution in [1.82, 2.24) is 15.4 Å². The van der Waals surface area contributed by atoms with Crippen molar-refractivity contribution in [1.29, 1.82) is 0 Å². The third kappa shape index (κ3) is 5.61. The summed E-state index contributed by atoms with van der Waals surface area (Å²) in [5.74, 6) is -0.0569. The second-order valence-electron chi connectivity index (χ2n) is 7.05. The van der Waals surface area contributed by atoms with E-state index in [4.69, 9.17) is 9.26 Å². The van der Waals surface area contributed by atoms with Gasteiger partial charge in [-0.3, -0.25) is 9.59 Å². The molecule has 0 radical (unpaired) electrons. The Labute approximate surface area is 181 Å². The van der Waals surface area contributed by atoms with E-state index in [-0.39, 0.29) is 18.2 Å². The van der Waals surface area contributed by atoms with Crippen molar-refractivity contribution in [2.24, 2.45) is 0 Å². The van der Waals surface area contributed by atoms with E-state index in [2.05, 4.69) is 34.5 Å². The normalized spacial score (nSPS) is 11.0. The maximum Gasteiger partial charge on any atom is 0.255 e. The number of benzene rings is 2. The molecule has 3 aromatic rings. The fraction of sp³-hybridized carbons (Fsp3) is 0.348. The summed E-state index contributed by atoms with van der Waals surface area (Å²) >= 11 is 0. The van der Waals surface area contributed by atoms with E-state index < -0.39 is 0 Å². The summed E-state index contributed by atoms with van der Waals surface area (Å²) in [4.78, 5) is 27.3. The van der Waals surface area contributed by atoms with E-state index in [0.717, 1.165) is 25.0 Å². The molecule has 1 aromatic heterocycles. The molecule has 1 heterocycles. The average molecular weight is 425 g/mol. The Bertz CT molecular complexity index is 1040. The Morgan fingerprint density at radius 2 is 1.90 bits per heavy atom. The van der Waals surface area contributed by atoms with Gasteiger partial charge in [-0.1, -0.05) is 31.1 Å². The lowest BCUT2D eigenvalue weighted by Crippen LogP contribution is -2.34. The molecule has 0 unspecified atom stereocenters. The van der Waals surface area contributed by atoms with Gasteiger partial charge in [0, 0.05) is 30.2 Å². The molecule has 8 nitrogen and oxygen atoms in total. The van der Waals surface area contributed by atoms with Crippen molar-refractivity contribution < 1.29 is 18.8 Å². The maximum absolute atomic E-state index is 12.5. The van der Waals surface area contributed by atoms with E-state index >= 15 is 0 Å². The van der Waals surface area contributed by atoms with Crippen LogP contribution < -0.4 is 15.4 Å². The number of rotatable bonds is 10. The molecular weight excluding hydrogens is 396 g/mol. The summed E-state index contributed by atoms with van der Waals surface area (Å²) < 4.78 is 10.6. The first-order valence-corrected chi connectivity index (χ1v) is 10.4. The molecule has 0 bridgehead atoms. The zero-order chi connectivity index (χ0) is 22.2. The summed E-state index contributed by atoms with van der Waals surface area (Å²) in [6, 6.07) is 12.4. The van der Waals surface area contributed by atoms with Gasteiger partial charge in [-0.15, -0.1) is 0 Å². The highest BCUT2D eigenvalue weighted by Gasteiger charge is 2.16. The second kappa shape index (κ2) is 10.6. The Hall–Kier alpha value is -3.39. The lowest BCUT2D eigenvalue weighted by atomic mass is 10.1. The van der Waals surface area contributed by atoms with Crippen LogP contribution >= 0.6 is 0 Å². The fourth-order valence-corrected chi connectivity index (χ4v) is 3.34. The maximum atomic E-state index is 12.5. The average Bonchev–Trinajstić information content (AvgIpc) is 3.19. The number of hydrogen-bond donors (Lipinski definition) is 2. The molecule has 3 rings (SSSR count). The molecule has 8 heteroatoms. The molecule has 0 fully saturated rings. The third-order valence-electron chi connectivity index (χ3n) is 5.12. The molecule has 0 atom stereocenters. The van der Waals surface area contributed by atoms with Crippen molar-refractivity contribution >= 4 is 28.5 Å². The van der Waals surface area contributed by atoms with Crippen molar-refractivity contribution in [3.8, 4) is 5.75 Å². The van der Waals surface area contributed by atoms with Gasteiger partial charge in [-0.25, -0.2) is 0 Å². The van der Waals surface area contributed by atoms with Crippen LogP contribution in [0, 0.1) is 0 Å². The number of hydrogen-bond acceptors (Lipinski definition) is 6. The highest BCUT2D eigenvalue weighted by Crippen LogP contribution is 2.24. The zero-order valence-electron chi connectivity index (χ0n) is 18.1. The van der Waals surface area contributed by atoms with Crippen LogP contribution in [0.4, 0.5) is 5.69 Å². The minimum atomic E-state index is -0.238. The van der Waals surface area contributed by atoms with E-state index in [1.165, 1.54) is 7.11 Å². The third-order valence-corrected chi connectivity index (χ3v) is 5.12. The minimum absolute atomic E-state index is 0.0763. The summed E-state index contributed by atoms with van der Waals surface area (Å²) in [5, 5.41) is 10.5. The molecule has 0 aliphatic rings. The van der Waals surface area contributed by atoms with Crippen molar-refractivity contribution in [2.75, 3.05) is 38.6 Å². The van der Waals surface area contributed by atoms with E-state index in [9.17, 15) is 9.59 Å². The molecule has 0 spiro atoms. The first kappa shape index (κ1) is 22.3. The molecule has 2 N–H and O–H groups in total. The molecule has 164 valence electrons. The first-order valence-electron chi connectivity index (χ1n) is 10.4. The molecule has 0 saturated carbocycles.